The highest BCUT2D eigenvalue weighted by Crippen LogP contribution is 2.29. The van der Waals surface area contributed by atoms with Gasteiger partial charge in [0, 0.05) is 36.6 Å². The number of halogens is 1. The van der Waals surface area contributed by atoms with E-state index in [1.54, 1.807) is 24.3 Å². The van der Waals surface area contributed by atoms with Gasteiger partial charge < -0.3 is 20.1 Å². The molecule has 1 aliphatic heterocycles. The average Bonchev–Trinajstić information content (AvgIpc) is 2.80. The third kappa shape index (κ3) is 5.98. The summed E-state index contributed by atoms with van der Waals surface area (Å²) in [7, 11) is -2.30. The molecule has 11 heteroatoms. The Kier molecular flexibility index (Phi) is 8.08. The fraction of sp³-hybridized carbons (Fsp3) is 0.333. The molecule has 1 saturated heterocycles. The van der Waals surface area contributed by atoms with Gasteiger partial charge in [-0.25, -0.2) is 8.42 Å². The van der Waals surface area contributed by atoms with E-state index < -0.39 is 15.9 Å². The molecule has 2 amide bonds. The predicted molar refractivity (Wildman–Crippen MR) is 120 cm³/mol. The van der Waals surface area contributed by atoms with Gasteiger partial charge in [-0.2, -0.15) is 4.31 Å². The van der Waals surface area contributed by atoms with Gasteiger partial charge in [-0.05, 0) is 42.5 Å². The maximum Gasteiger partial charge on any atom is 0.251 e. The van der Waals surface area contributed by atoms with Gasteiger partial charge in [0.1, 0.15) is 5.75 Å². The maximum atomic E-state index is 12.9. The third-order valence-corrected chi connectivity index (χ3v) is 6.94. The van der Waals surface area contributed by atoms with Crippen LogP contribution in [-0.2, 0) is 19.6 Å². The van der Waals surface area contributed by atoms with Crippen LogP contribution >= 0.6 is 11.6 Å². The summed E-state index contributed by atoms with van der Waals surface area (Å²) in [5, 5.41) is 5.83. The third-order valence-electron chi connectivity index (χ3n) is 4.80. The lowest BCUT2D eigenvalue weighted by Gasteiger charge is -2.26. The molecule has 0 aliphatic carbocycles. The second kappa shape index (κ2) is 10.8. The van der Waals surface area contributed by atoms with Crippen LogP contribution in [0.3, 0.4) is 0 Å². The number of nitrogens with one attached hydrogen (secondary N) is 2. The number of nitrogens with zero attached hydrogens (tertiary/aromatic N) is 1. The van der Waals surface area contributed by atoms with Crippen molar-refractivity contribution in [3.63, 3.8) is 0 Å². The molecule has 2 N–H and O–H groups in total. The molecule has 1 heterocycles. The first kappa shape index (κ1) is 24.0. The first-order chi connectivity index (χ1) is 15.3. The van der Waals surface area contributed by atoms with Gasteiger partial charge in [0.25, 0.3) is 5.91 Å². The van der Waals surface area contributed by atoms with Crippen LogP contribution in [0.15, 0.2) is 47.4 Å². The summed E-state index contributed by atoms with van der Waals surface area (Å²) < 4.78 is 37.6. The number of methoxy groups -OCH3 is 1. The molecular formula is C21H24ClN3O6S. The summed E-state index contributed by atoms with van der Waals surface area (Å²) in [6, 6.07) is 10.7. The lowest BCUT2D eigenvalue weighted by molar-refractivity contribution is -0.116. The van der Waals surface area contributed by atoms with E-state index in [0.29, 0.717) is 29.5 Å². The molecule has 1 aliphatic rings. The van der Waals surface area contributed by atoms with Crippen LogP contribution in [0.2, 0.25) is 5.02 Å². The number of benzene rings is 2. The van der Waals surface area contributed by atoms with Crippen molar-refractivity contribution in [2.45, 2.75) is 11.3 Å². The Hall–Kier alpha value is -2.66. The van der Waals surface area contributed by atoms with Crippen molar-refractivity contribution in [1.29, 1.82) is 0 Å². The van der Waals surface area contributed by atoms with Gasteiger partial charge >= 0.3 is 0 Å². The van der Waals surface area contributed by atoms with Crippen LogP contribution < -0.4 is 15.4 Å². The van der Waals surface area contributed by atoms with E-state index >= 15 is 0 Å². The summed E-state index contributed by atoms with van der Waals surface area (Å²) in [4.78, 5) is 24.6. The number of ether oxygens (including phenoxy) is 2. The van der Waals surface area contributed by atoms with Gasteiger partial charge in [-0.15, -0.1) is 0 Å². The van der Waals surface area contributed by atoms with E-state index in [1.165, 1.54) is 29.6 Å². The minimum atomic E-state index is -3.73. The van der Waals surface area contributed by atoms with Gasteiger partial charge in [0.2, 0.25) is 15.9 Å². The van der Waals surface area contributed by atoms with Crippen LogP contribution in [0.1, 0.15) is 16.8 Å². The number of rotatable bonds is 8. The molecule has 0 atom stereocenters. The molecule has 0 spiro atoms. The van der Waals surface area contributed by atoms with E-state index in [2.05, 4.69) is 10.6 Å². The van der Waals surface area contributed by atoms with Crippen LogP contribution in [-0.4, -0.2) is 64.5 Å². The van der Waals surface area contributed by atoms with Crippen molar-refractivity contribution < 1.29 is 27.5 Å². The summed E-state index contributed by atoms with van der Waals surface area (Å²) in [6.07, 6.45) is -0.0110. The number of sulfonamides is 1. The quantitative estimate of drug-likeness (QED) is 0.597. The highest BCUT2D eigenvalue weighted by atomic mass is 35.5. The number of hydrogen-bond donors (Lipinski definition) is 2. The standard InChI is InChI=1S/C21H24ClN3O6S/c1-30-19-7-6-17(32(28,29)25-10-12-31-13-11-25)14-18(19)24-20(26)8-9-23-21(27)15-2-4-16(22)5-3-15/h2-7,14H,8-13H2,1H3,(H,23,27)(H,24,26). The molecule has 2 aromatic carbocycles. The number of carbonyl (C=O) groups excluding carboxylic acids is 2. The predicted octanol–water partition coefficient (Wildman–Crippen LogP) is 2.13. The maximum absolute atomic E-state index is 12.9. The average molecular weight is 482 g/mol. The van der Waals surface area contributed by atoms with Crippen molar-refractivity contribution in [3.8, 4) is 5.75 Å². The van der Waals surface area contributed by atoms with E-state index in [4.69, 9.17) is 21.1 Å². The number of anilines is 1. The zero-order valence-electron chi connectivity index (χ0n) is 17.5. The Balaban J connectivity index is 1.62. The van der Waals surface area contributed by atoms with Crippen LogP contribution in [0.5, 0.6) is 5.75 Å². The fourth-order valence-electron chi connectivity index (χ4n) is 3.09. The normalized spacial score (nSPS) is 14.6. The molecule has 0 saturated carbocycles. The zero-order valence-corrected chi connectivity index (χ0v) is 19.0. The Morgan fingerprint density at radius 2 is 1.81 bits per heavy atom. The van der Waals surface area contributed by atoms with Crippen molar-refractivity contribution >= 4 is 39.1 Å². The smallest absolute Gasteiger partial charge is 0.251 e. The number of carbonyl (C=O) groups is 2. The van der Waals surface area contributed by atoms with E-state index in [0.717, 1.165) is 0 Å². The molecule has 0 unspecified atom stereocenters. The van der Waals surface area contributed by atoms with Gasteiger partial charge in [0.05, 0.1) is 30.9 Å². The zero-order chi connectivity index (χ0) is 23.1. The second-order valence-corrected chi connectivity index (χ2v) is 9.31. The SMILES string of the molecule is COc1ccc(S(=O)(=O)N2CCOCC2)cc1NC(=O)CCNC(=O)c1ccc(Cl)cc1. The summed E-state index contributed by atoms with van der Waals surface area (Å²) in [5.74, 6) is -0.407. The Labute approximate surface area is 191 Å². The van der Waals surface area contributed by atoms with Crippen molar-refractivity contribution in [1.82, 2.24) is 9.62 Å². The monoisotopic (exact) mass is 481 g/mol. The first-order valence-electron chi connectivity index (χ1n) is 9.91. The van der Waals surface area contributed by atoms with Gasteiger partial charge in [-0.1, -0.05) is 11.6 Å². The van der Waals surface area contributed by atoms with E-state index in [-0.39, 0.29) is 42.5 Å². The van der Waals surface area contributed by atoms with Crippen LogP contribution in [0.4, 0.5) is 5.69 Å². The first-order valence-corrected chi connectivity index (χ1v) is 11.7. The number of amides is 2. The molecule has 32 heavy (non-hydrogen) atoms. The molecule has 0 aromatic heterocycles. The Bertz CT molecular complexity index is 1070. The molecule has 0 radical (unpaired) electrons. The van der Waals surface area contributed by atoms with Gasteiger partial charge in [0.15, 0.2) is 0 Å². The highest BCUT2D eigenvalue weighted by molar-refractivity contribution is 7.89. The minimum absolute atomic E-state index is 0.0110. The van der Waals surface area contributed by atoms with Crippen molar-refractivity contribution in [2.24, 2.45) is 0 Å². The fourth-order valence-corrected chi connectivity index (χ4v) is 4.65. The molecule has 172 valence electrons. The summed E-state index contributed by atoms with van der Waals surface area (Å²) in [6.45, 7) is 1.30. The Morgan fingerprint density at radius 1 is 1.12 bits per heavy atom. The molecule has 0 bridgehead atoms. The van der Waals surface area contributed by atoms with Crippen molar-refractivity contribution in [3.05, 3.63) is 53.1 Å². The topological polar surface area (TPSA) is 114 Å². The molecule has 9 nitrogen and oxygen atoms in total. The molecular weight excluding hydrogens is 458 g/mol. The lowest BCUT2D eigenvalue weighted by Crippen LogP contribution is -2.40. The van der Waals surface area contributed by atoms with Crippen LogP contribution in [0, 0.1) is 0 Å². The molecule has 1 fully saturated rings. The lowest BCUT2D eigenvalue weighted by atomic mass is 10.2. The summed E-state index contributed by atoms with van der Waals surface area (Å²) in [5.41, 5.74) is 0.661. The van der Waals surface area contributed by atoms with Crippen molar-refractivity contribution in [2.75, 3.05) is 45.3 Å². The van der Waals surface area contributed by atoms with Gasteiger partial charge in [-0.3, -0.25) is 9.59 Å². The minimum Gasteiger partial charge on any atom is -0.495 e. The largest absolute Gasteiger partial charge is 0.495 e. The van der Waals surface area contributed by atoms with Crippen LogP contribution in [0.25, 0.3) is 0 Å². The van der Waals surface area contributed by atoms with E-state index in [1.807, 2.05) is 0 Å². The Morgan fingerprint density at radius 3 is 2.47 bits per heavy atom. The molecule has 2 aromatic rings. The van der Waals surface area contributed by atoms with E-state index in [9.17, 15) is 18.0 Å². The number of morpholine rings is 1. The highest BCUT2D eigenvalue weighted by Gasteiger charge is 2.27. The molecule has 3 rings (SSSR count). The summed E-state index contributed by atoms with van der Waals surface area (Å²) >= 11 is 5.81. The number of hydrogen-bond acceptors (Lipinski definition) is 6. The second-order valence-electron chi connectivity index (χ2n) is 6.94.